The number of nitrogens with zero attached hydrogens (tertiary/aromatic N) is 1. The third-order valence-corrected chi connectivity index (χ3v) is 3.85. The summed E-state index contributed by atoms with van der Waals surface area (Å²) in [6.45, 7) is 2.17. The van der Waals surface area contributed by atoms with Crippen LogP contribution in [0.4, 0.5) is 11.4 Å². The molecule has 0 aliphatic heterocycles. The lowest BCUT2D eigenvalue weighted by Gasteiger charge is -2.11. The van der Waals surface area contributed by atoms with Gasteiger partial charge in [-0.15, -0.1) is 0 Å². The first kappa shape index (κ1) is 14.6. The van der Waals surface area contributed by atoms with E-state index in [-0.39, 0.29) is 10.6 Å². The molecule has 0 amide bonds. The lowest BCUT2D eigenvalue weighted by Crippen LogP contribution is -2.03. The zero-order chi connectivity index (χ0) is 14.7. The maximum Gasteiger partial charge on any atom is 0.272 e. The predicted molar refractivity (Wildman–Crippen MR) is 81.6 cm³/mol. The van der Waals surface area contributed by atoms with Gasteiger partial charge in [0.25, 0.3) is 5.69 Å². The molecule has 2 rings (SSSR count). The number of nitro benzene ring substituents is 1. The molecule has 0 aromatic heterocycles. The van der Waals surface area contributed by atoms with E-state index in [1.54, 1.807) is 31.2 Å². The number of rotatable bonds is 4. The quantitative estimate of drug-likeness (QED) is 0.650. The Hall–Kier alpha value is -1.78. The maximum absolute atomic E-state index is 10.9. The van der Waals surface area contributed by atoms with E-state index in [9.17, 15) is 10.1 Å². The molecular weight excluding hydrogens is 299 g/mol. The standard InChI is InChI=1S/C14H12Cl2N2O2/c1-9-10(4-2-7-13(9)18(19)20)8-17-12-6-3-5-11(15)14(12)16/h2-7,17H,8H2,1H3. The van der Waals surface area contributed by atoms with Crippen molar-refractivity contribution in [3.63, 3.8) is 0 Å². The minimum Gasteiger partial charge on any atom is -0.380 e. The highest BCUT2D eigenvalue weighted by molar-refractivity contribution is 6.43. The third-order valence-electron chi connectivity index (χ3n) is 3.03. The predicted octanol–water partition coefficient (Wildman–Crippen LogP) is 4.82. The summed E-state index contributed by atoms with van der Waals surface area (Å²) in [6, 6.07) is 10.3. The number of anilines is 1. The van der Waals surface area contributed by atoms with Crippen molar-refractivity contribution in [1.82, 2.24) is 0 Å². The normalized spacial score (nSPS) is 10.3. The van der Waals surface area contributed by atoms with Crippen molar-refractivity contribution in [3.8, 4) is 0 Å². The van der Waals surface area contributed by atoms with Crippen LogP contribution in [0.5, 0.6) is 0 Å². The van der Waals surface area contributed by atoms with E-state index in [0.717, 1.165) is 5.56 Å². The van der Waals surface area contributed by atoms with E-state index < -0.39 is 0 Å². The number of nitro groups is 1. The van der Waals surface area contributed by atoms with Crippen molar-refractivity contribution in [2.45, 2.75) is 13.5 Å². The van der Waals surface area contributed by atoms with E-state index in [2.05, 4.69) is 5.32 Å². The fourth-order valence-electron chi connectivity index (χ4n) is 1.89. The molecule has 0 spiro atoms. The summed E-state index contributed by atoms with van der Waals surface area (Å²) in [4.78, 5) is 10.5. The highest BCUT2D eigenvalue weighted by atomic mass is 35.5. The molecule has 0 atom stereocenters. The highest BCUT2D eigenvalue weighted by Gasteiger charge is 2.13. The Morgan fingerprint density at radius 3 is 2.60 bits per heavy atom. The Bertz CT molecular complexity index is 660. The molecule has 0 radical (unpaired) electrons. The summed E-state index contributed by atoms with van der Waals surface area (Å²) in [6.07, 6.45) is 0. The molecule has 104 valence electrons. The SMILES string of the molecule is Cc1c(CNc2cccc(Cl)c2Cl)cccc1[N+](=O)[O-]. The molecule has 6 heteroatoms. The lowest BCUT2D eigenvalue weighted by atomic mass is 10.1. The van der Waals surface area contributed by atoms with E-state index >= 15 is 0 Å². The van der Waals surface area contributed by atoms with Crippen LogP contribution in [-0.4, -0.2) is 4.92 Å². The van der Waals surface area contributed by atoms with Crippen LogP contribution in [0.3, 0.4) is 0 Å². The molecule has 0 fully saturated rings. The van der Waals surface area contributed by atoms with Gasteiger partial charge < -0.3 is 5.32 Å². The van der Waals surface area contributed by atoms with Crippen molar-refractivity contribution in [2.75, 3.05) is 5.32 Å². The van der Waals surface area contributed by atoms with Gasteiger partial charge in [-0.05, 0) is 24.6 Å². The third kappa shape index (κ3) is 3.03. The van der Waals surface area contributed by atoms with Crippen LogP contribution in [0.2, 0.25) is 10.0 Å². The summed E-state index contributed by atoms with van der Waals surface area (Å²) in [5, 5.41) is 14.9. The van der Waals surface area contributed by atoms with Gasteiger partial charge in [0, 0.05) is 18.2 Å². The van der Waals surface area contributed by atoms with Crippen molar-refractivity contribution in [2.24, 2.45) is 0 Å². The summed E-state index contributed by atoms with van der Waals surface area (Å²) in [7, 11) is 0. The smallest absolute Gasteiger partial charge is 0.272 e. The molecule has 4 nitrogen and oxygen atoms in total. The van der Waals surface area contributed by atoms with E-state index in [4.69, 9.17) is 23.2 Å². The molecule has 2 aromatic carbocycles. The molecule has 0 bridgehead atoms. The zero-order valence-electron chi connectivity index (χ0n) is 10.7. The van der Waals surface area contributed by atoms with Crippen LogP contribution in [0.15, 0.2) is 36.4 Å². The van der Waals surface area contributed by atoms with Gasteiger partial charge in [0.15, 0.2) is 0 Å². The number of benzene rings is 2. The van der Waals surface area contributed by atoms with Gasteiger partial charge in [-0.2, -0.15) is 0 Å². The van der Waals surface area contributed by atoms with E-state index in [1.807, 2.05) is 6.07 Å². The monoisotopic (exact) mass is 310 g/mol. The summed E-state index contributed by atoms with van der Waals surface area (Å²) < 4.78 is 0. The molecule has 0 saturated heterocycles. The Morgan fingerprint density at radius 1 is 1.20 bits per heavy atom. The van der Waals surface area contributed by atoms with Crippen LogP contribution < -0.4 is 5.32 Å². The first-order valence-electron chi connectivity index (χ1n) is 5.91. The molecule has 0 aliphatic rings. The fourth-order valence-corrected chi connectivity index (χ4v) is 2.26. The van der Waals surface area contributed by atoms with Gasteiger partial charge in [0.05, 0.1) is 20.7 Å². The zero-order valence-corrected chi connectivity index (χ0v) is 12.2. The second-order valence-corrected chi connectivity index (χ2v) is 5.06. The maximum atomic E-state index is 10.9. The number of hydrogen-bond acceptors (Lipinski definition) is 3. The van der Waals surface area contributed by atoms with E-state index in [1.165, 1.54) is 6.07 Å². The summed E-state index contributed by atoms with van der Waals surface area (Å²) >= 11 is 12.0. The Kier molecular flexibility index (Phi) is 4.47. The van der Waals surface area contributed by atoms with Crippen molar-refractivity contribution in [3.05, 3.63) is 67.7 Å². The van der Waals surface area contributed by atoms with Gasteiger partial charge in [-0.3, -0.25) is 10.1 Å². The van der Waals surface area contributed by atoms with Gasteiger partial charge in [-0.1, -0.05) is 41.4 Å². The number of halogens is 2. The van der Waals surface area contributed by atoms with E-state index in [0.29, 0.717) is 27.8 Å². The second-order valence-electron chi connectivity index (χ2n) is 4.27. The van der Waals surface area contributed by atoms with Gasteiger partial charge >= 0.3 is 0 Å². The van der Waals surface area contributed by atoms with Crippen LogP contribution in [0.1, 0.15) is 11.1 Å². The molecular formula is C14H12Cl2N2O2. The van der Waals surface area contributed by atoms with Crippen molar-refractivity contribution >= 4 is 34.6 Å². The van der Waals surface area contributed by atoms with Gasteiger partial charge in [-0.25, -0.2) is 0 Å². The van der Waals surface area contributed by atoms with Crippen LogP contribution in [0.25, 0.3) is 0 Å². The highest BCUT2D eigenvalue weighted by Crippen LogP contribution is 2.30. The van der Waals surface area contributed by atoms with Gasteiger partial charge in [0.2, 0.25) is 0 Å². The fraction of sp³-hybridized carbons (Fsp3) is 0.143. The number of nitrogens with one attached hydrogen (secondary N) is 1. The molecule has 0 saturated carbocycles. The van der Waals surface area contributed by atoms with Crippen LogP contribution in [0, 0.1) is 17.0 Å². The molecule has 0 heterocycles. The average molecular weight is 311 g/mol. The van der Waals surface area contributed by atoms with Gasteiger partial charge in [0.1, 0.15) is 0 Å². The minimum absolute atomic E-state index is 0.112. The Balaban J connectivity index is 2.21. The second kappa shape index (κ2) is 6.11. The largest absolute Gasteiger partial charge is 0.380 e. The van der Waals surface area contributed by atoms with Crippen LogP contribution >= 0.6 is 23.2 Å². The summed E-state index contributed by atoms with van der Waals surface area (Å²) in [5.41, 5.74) is 2.30. The van der Waals surface area contributed by atoms with Crippen molar-refractivity contribution < 1.29 is 4.92 Å². The lowest BCUT2D eigenvalue weighted by molar-refractivity contribution is -0.385. The molecule has 20 heavy (non-hydrogen) atoms. The first-order chi connectivity index (χ1) is 9.50. The number of hydrogen-bond donors (Lipinski definition) is 1. The van der Waals surface area contributed by atoms with Crippen LogP contribution in [-0.2, 0) is 6.54 Å². The first-order valence-corrected chi connectivity index (χ1v) is 6.67. The molecule has 0 aliphatic carbocycles. The Labute approximate surface area is 126 Å². The Morgan fingerprint density at radius 2 is 1.90 bits per heavy atom. The molecule has 1 N–H and O–H groups in total. The molecule has 2 aromatic rings. The average Bonchev–Trinajstić information content (AvgIpc) is 2.41. The van der Waals surface area contributed by atoms with Crippen molar-refractivity contribution in [1.29, 1.82) is 0 Å². The molecule has 0 unspecified atom stereocenters. The topological polar surface area (TPSA) is 55.2 Å². The minimum atomic E-state index is -0.384. The summed E-state index contributed by atoms with van der Waals surface area (Å²) in [5.74, 6) is 0.